The van der Waals surface area contributed by atoms with Crippen molar-refractivity contribution in [3.8, 4) is 11.5 Å². The Bertz CT molecular complexity index is 736. The monoisotopic (exact) mass is 395 g/mol. The van der Waals surface area contributed by atoms with E-state index in [4.69, 9.17) is 9.47 Å². The fourth-order valence-corrected chi connectivity index (χ4v) is 2.75. The zero-order chi connectivity index (χ0) is 17.7. The minimum Gasteiger partial charge on any atom is -0.496 e. The Labute approximate surface area is 149 Å². The highest BCUT2D eigenvalue weighted by Crippen LogP contribution is 2.27. The van der Waals surface area contributed by atoms with Gasteiger partial charge in [-0.15, -0.1) is 0 Å². The van der Waals surface area contributed by atoms with Gasteiger partial charge in [-0.2, -0.15) is 0 Å². The fourth-order valence-electron chi connectivity index (χ4n) is 2.29. The SMILES string of the molecule is COc1ccc(C)cc1C(C)NC(=O)COc1ccc(F)cc1Br. The molecule has 24 heavy (non-hydrogen) atoms. The lowest BCUT2D eigenvalue weighted by molar-refractivity contribution is -0.123. The van der Waals surface area contributed by atoms with Gasteiger partial charge in [0.1, 0.15) is 17.3 Å². The molecule has 1 amide bonds. The topological polar surface area (TPSA) is 47.6 Å². The van der Waals surface area contributed by atoms with E-state index in [-0.39, 0.29) is 24.4 Å². The third-order valence-electron chi connectivity index (χ3n) is 3.48. The highest BCUT2D eigenvalue weighted by atomic mass is 79.9. The van der Waals surface area contributed by atoms with Crippen molar-refractivity contribution in [1.29, 1.82) is 0 Å². The van der Waals surface area contributed by atoms with Gasteiger partial charge in [-0.1, -0.05) is 17.7 Å². The van der Waals surface area contributed by atoms with Crippen LogP contribution in [0.4, 0.5) is 4.39 Å². The molecule has 0 fully saturated rings. The molecular formula is C18H19BrFNO3. The molecular weight excluding hydrogens is 377 g/mol. The van der Waals surface area contributed by atoms with Crippen molar-refractivity contribution >= 4 is 21.8 Å². The third kappa shape index (κ3) is 4.71. The van der Waals surface area contributed by atoms with Crippen LogP contribution in [0.1, 0.15) is 24.1 Å². The number of aryl methyl sites for hydroxylation is 1. The van der Waals surface area contributed by atoms with Crippen molar-refractivity contribution in [3.05, 3.63) is 57.8 Å². The fraction of sp³-hybridized carbons (Fsp3) is 0.278. The molecule has 0 aliphatic carbocycles. The van der Waals surface area contributed by atoms with Crippen LogP contribution in [0.2, 0.25) is 0 Å². The molecule has 4 nitrogen and oxygen atoms in total. The summed E-state index contributed by atoms with van der Waals surface area (Å²) >= 11 is 3.20. The number of halogens is 2. The van der Waals surface area contributed by atoms with Crippen LogP contribution in [0.5, 0.6) is 11.5 Å². The van der Waals surface area contributed by atoms with Crippen molar-refractivity contribution in [3.63, 3.8) is 0 Å². The average molecular weight is 396 g/mol. The van der Waals surface area contributed by atoms with Crippen LogP contribution in [0.15, 0.2) is 40.9 Å². The first-order chi connectivity index (χ1) is 11.4. The van der Waals surface area contributed by atoms with Crippen molar-refractivity contribution < 1.29 is 18.7 Å². The first-order valence-corrected chi connectivity index (χ1v) is 8.21. The summed E-state index contributed by atoms with van der Waals surface area (Å²) in [6.07, 6.45) is 0. The van der Waals surface area contributed by atoms with Gasteiger partial charge in [0.25, 0.3) is 5.91 Å². The summed E-state index contributed by atoms with van der Waals surface area (Å²) in [4.78, 5) is 12.1. The molecule has 128 valence electrons. The van der Waals surface area contributed by atoms with Gasteiger partial charge in [-0.25, -0.2) is 4.39 Å². The maximum atomic E-state index is 13.0. The number of amides is 1. The van der Waals surface area contributed by atoms with Gasteiger partial charge in [0, 0.05) is 5.56 Å². The Morgan fingerprint density at radius 1 is 1.25 bits per heavy atom. The van der Waals surface area contributed by atoms with Crippen LogP contribution in [-0.2, 0) is 4.79 Å². The second kappa shape index (κ2) is 8.15. The van der Waals surface area contributed by atoms with E-state index in [9.17, 15) is 9.18 Å². The predicted molar refractivity (Wildman–Crippen MR) is 93.9 cm³/mol. The van der Waals surface area contributed by atoms with Crippen LogP contribution >= 0.6 is 15.9 Å². The summed E-state index contributed by atoms with van der Waals surface area (Å²) in [6, 6.07) is 9.60. The lowest BCUT2D eigenvalue weighted by atomic mass is 10.0. The van der Waals surface area contributed by atoms with E-state index < -0.39 is 0 Å². The molecule has 2 aromatic rings. The number of carbonyl (C=O) groups is 1. The Hall–Kier alpha value is -2.08. The summed E-state index contributed by atoms with van der Waals surface area (Å²) in [6.45, 7) is 3.69. The Morgan fingerprint density at radius 2 is 1.96 bits per heavy atom. The molecule has 0 aromatic heterocycles. The van der Waals surface area contributed by atoms with E-state index in [2.05, 4.69) is 21.2 Å². The zero-order valence-corrected chi connectivity index (χ0v) is 15.3. The number of nitrogens with one attached hydrogen (secondary N) is 1. The maximum Gasteiger partial charge on any atom is 0.258 e. The number of hydrogen-bond donors (Lipinski definition) is 1. The van der Waals surface area contributed by atoms with Crippen molar-refractivity contribution in [2.24, 2.45) is 0 Å². The molecule has 2 aromatic carbocycles. The van der Waals surface area contributed by atoms with E-state index in [0.717, 1.165) is 16.9 Å². The molecule has 0 radical (unpaired) electrons. The van der Waals surface area contributed by atoms with E-state index in [1.807, 2.05) is 32.0 Å². The third-order valence-corrected chi connectivity index (χ3v) is 4.10. The molecule has 1 atom stereocenters. The molecule has 0 heterocycles. The summed E-state index contributed by atoms with van der Waals surface area (Å²) in [7, 11) is 1.60. The van der Waals surface area contributed by atoms with Crippen LogP contribution in [-0.4, -0.2) is 19.6 Å². The highest BCUT2D eigenvalue weighted by molar-refractivity contribution is 9.10. The van der Waals surface area contributed by atoms with Crippen LogP contribution in [0.25, 0.3) is 0 Å². The normalized spacial score (nSPS) is 11.7. The molecule has 0 saturated carbocycles. The molecule has 2 rings (SSSR count). The molecule has 0 bridgehead atoms. The zero-order valence-electron chi connectivity index (χ0n) is 13.7. The van der Waals surface area contributed by atoms with E-state index in [1.54, 1.807) is 7.11 Å². The Morgan fingerprint density at radius 3 is 2.62 bits per heavy atom. The summed E-state index contributed by atoms with van der Waals surface area (Å²) in [5.41, 5.74) is 1.98. The molecule has 6 heteroatoms. The quantitative estimate of drug-likeness (QED) is 0.798. The standard InChI is InChI=1S/C18H19BrFNO3/c1-11-4-6-16(23-3)14(8-11)12(2)21-18(22)10-24-17-7-5-13(20)9-15(17)19/h4-9,12H,10H2,1-3H3,(H,21,22). The summed E-state index contributed by atoms with van der Waals surface area (Å²) in [5.74, 6) is 0.476. The Balaban J connectivity index is 1.98. The van der Waals surface area contributed by atoms with Gasteiger partial charge < -0.3 is 14.8 Å². The molecule has 1 unspecified atom stereocenters. The second-order valence-electron chi connectivity index (χ2n) is 5.40. The number of rotatable bonds is 6. The lowest BCUT2D eigenvalue weighted by Crippen LogP contribution is -2.31. The largest absolute Gasteiger partial charge is 0.496 e. The minimum atomic E-state index is -0.376. The first kappa shape index (κ1) is 18.3. The van der Waals surface area contributed by atoms with Crippen molar-refractivity contribution in [2.75, 3.05) is 13.7 Å². The molecule has 0 saturated heterocycles. The van der Waals surface area contributed by atoms with Crippen LogP contribution in [0.3, 0.4) is 0 Å². The summed E-state index contributed by atoms with van der Waals surface area (Å²) < 4.78 is 24.2. The number of benzene rings is 2. The van der Waals surface area contributed by atoms with Crippen LogP contribution in [0, 0.1) is 12.7 Å². The van der Waals surface area contributed by atoms with Gasteiger partial charge in [0.05, 0.1) is 17.6 Å². The molecule has 1 N–H and O–H groups in total. The number of methoxy groups -OCH3 is 1. The number of carbonyl (C=O) groups excluding carboxylic acids is 1. The molecule has 0 aliphatic heterocycles. The minimum absolute atomic E-state index is 0.164. The second-order valence-corrected chi connectivity index (χ2v) is 6.25. The van der Waals surface area contributed by atoms with Gasteiger partial charge >= 0.3 is 0 Å². The van der Waals surface area contributed by atoms with E-state index in [1.165, 1.54) is 18.2 Å². The van der Waals surface area contributed by atoms with Gasteiger partial charge in [-0.3, -0.25) is 4.79 Å². The molecule has 0 aliphatic rings. The average Bonchev–Trinajstić information content (AvgIpc) is 2.54. The van der Waals surface area contributed by atoms with Gasteiger partial charge in [-0.05, 0) is 54.0 Å². The maximum absolute atomic E-state index is 13.0. The van der Waals surface area contributed by atoms with E-state index in [0.29, 0.717) is 10.2 Å². The van der Waals surface area contributed by atoms with Gasteiger partial charge in [0.15, 0.2) is 6.61 Å². The number of ether oxygens (including phenoxy) is 2. The lowest BCUT2D eigenvalue weighted by Gasteiger charge is -2.18. The summed E-state index contributed by atoms with van der Waals surface area (Å²) in [5, 5.41) is 2.87. The Kier molecular flexibility index (Phi) is 6.20. The van der Waals surface area contributed by atoms with Gasteiger partial charge in [0.2, 0.25) is 0 Å². The highest BCUT2D eigenvalue weighted by Gasteiger charge is 2.15. The molecule has 0 spiro atoms. The number of hydrogen-bond acceptors (Lipinski definition) is 3. The predicted octanol–water partition coefficient (Wildman–Crippen LogP) is 4.16. The first-order valence-electron chi connectivity index (χ1n) is 7.42. The van der Waals surface area contributed by atoms with Crippen LogP contribution < -0.4 is 14.8 Å². The van der Waals surface area contributed by atoms with E-state index >= 15 is 0 Å². The van der Waals surface area contributed by atoms with Crippen molar-refractivity contribution in [2.45, 2.75) is 19.9 Å². The van der Waals surface area contributed by atoms with Crippen molar-refractivity contribution in [1.82, 2.24) is 5.32 Å². The smallest absolute Gasteiger partial charge is 0.258 e.